The van der Waals surface area contributed by atoms with Crippen molar-refractivity contribution in [1.29, 1.82) is 0 Å². The molecule has 0 saturated carbocycles. The van der Waals surface area contributed by atoms with Gasteiger partial charge >= 0.3 is 11.9 Å². The van der Waals surface area contributed by atoms with E-state index in [1.165, 1.54) is 0 Å². The molecule has 0 bridgehead atoms. The lowest BCUT2D eigenvalue weighted by Crippen LogP contribution is -2.40. The Balaban J connectivity index is 5.03. The van der Waals surface area contributed by atoms with Crippen LogP contribution in [0.1, 0.15) is 0 Å². The lowest BCUT2D eigenvalue weighted by atomic mass is 9.93. The lowest BCUT2D eigenvalue weighted by Gasteiger charge is -2.28. The van der Waals surface area contributed by atoms with Gasteiger partial charge in [0.1, 0.15) is 0 Å². The highest BCUT2D eigenvalue weighted by Crippen LogP contribution is 2.20. The monoisotopic (exact) mass is 274 g/mol. The highest BCUT2D eigenvalue weighted by atomic mass is 16.7. The first-order valence-corrected chi connectivity index (χ1v) is 5.52. The molecule has 1 unspecified atom stereocenters. The minimum absolute atomic E-state index is 0.477. The Labute approximate surface area is 110 Å². The van der Waals surface area contributed by atoms with Gasteiger partial charge in [-0.05, 0) is 0 Å². The van der Waals surface area contributed by atoms with Gasteiger partial charge in [-0.25, -0.2) is 9.59 Å². The normalized spacial score (nSPS) is 12.1. The molecule has 0 aliphatic carbocycles. The Morgan fingerprint density at radius 3 is 1.63 bits per heavy atom. The molecule has 3 N–H and O–H groups in total. The largest absolute Gasteiger partial charge is 0.422 e. The van der Waals surface area contributed by atoms with Crippen molar-refractivity contribution in [2.75, 3.05) is 19.8 Å². The smallest absolute Gasteiger partial charge is 0.333 e. The first-order valence-electron chi connectivity index (χ1n) is 5.52. The molecular formula is C12H18O7. The molecule has 7 nitrogen and oxygen atoms in total. The van der Waals surface area contributed by atoms with Crippen molar-refractivity contribution < 1.29 is 34.4 Å². The van der Waals surface area contributed by atoms with Crippen molar-refractivity contribution in [3.63, 3.8) is 0 Å². The molecule has 0 aromatic carbocycles. The third kappa shape index (κ3) is 5.64. The average Bonchev–Trinajstić information content (AvgIpc) is 2.43. The van der Waals surface area contributed by atoms with Gasteiger partial charge in [0.05, 0.1) is 12.5 Å². The number of hydrogen-bond acceptors (Lipinski definition) is 7. The SMILES string of the molecule is C=CC(=O)OC(OC(=O)C=C)C(CO)C(CO)CO. The van der Waals surface area contributed by atoms with E-state index >= 15 is 0 Å². The minimum atomic E-state index is -1.45. The van der Waals surface area contributed by atoms with Crippen LogP contribution in [0.15, 0.2) is 25.3 Å². The number of ether oxygens (including phenoxy) is 2. The van der Waals surface area contributed by atoms with E-state index in [2.05, 4.69) is 13.2 Å². The fourth-order valence-electron chi connectivity index (χ4n) is 1.31. The van der Waals surface area contributed by atoms with E-state index in [9.17, 15) is 14.7 Å². The average molecular weight is 274 g/mol. The van der Waals surface area contributed by atoms with Crippen LogP contribution in [0.25, 0.3) is 0 Å². The van der Waals surface area contributed by atoms with Gasteiger partial charge < -0.3 is 24.8 Å². The maximum atomic E-state index is 11.1. The summed E-state index contributed by atoms with van der Waals surface area (Å²) in [6.07, 6.45) is 0.261. The van der Waals surface area contributed by atoms with Gasteiger partial charge in [0.15, 0.2) is 0 Å². The van der Waals surface area contributed by atoms with Crippen molar-refractivity contribution in [3.05, 3.63) is 25.3 Å². The highest BCUT2D eigenvalue weighted by molar-refractivity contribution is 5.83. The van der Waals surface area contributed by atoms with Gasteiger partial charge in [-0.15, -0.1) is 0 Å². The fourth-order valence-corrected chi connectivity index (χ4v) is 1.31. The first-order chi connectivity index (χ1) is 9.03. The Hall–Kier alpha value is -1.70. The third-order valence-corrected chi connectivity index (χ3v) is 2.43. The first kappa shape index (κ1) is 17.3. The molecule has 0 radical (unpaired) electrons. The fraction of sp³-hybridized carbons (Fsp3) is 0.500. The van der Waals surface area contributed by atoms with E-state index in [-0.39, 0.29) is 0 Å². The Kier molecular flexibility index (Phi) is 8.43. The molecule has 108 valence electrons. The van der Waals surface area contributed by atoms with Crippen LogP contribution in [-0.4, -0.2) is 53.4 Å². The quantitative estimate of drug-likeness (QED) is 0.280. The predicted octanol–water partition coefficient (Wildman–Crippen LogP) is -1.02. The standard InChI is InChI=1S/C12H18O7/c1-3-10(16)18-12(19-11(17)4-2)9(7-15)8(5-13)6-14/h3-4,8-9,12-15H,1-2,5-7H2. The number of rotatable bonds is 9. The zero-order valence-electron chi connectivity index (χ0n) is 10.4. The molecule has 0 heterocycles. The van der Waals surface area contributed by atoms with Gasteiger partial charge in [-0.3, -0.25) is 0 Å². The van der Waals surface area contributed by atoms with E-state index in [4.69, 9.17) is 19.7 Å². The van der Waals surface area contributed by atoms with Crippen LogP contribution in [0.4, 0.5) is 0 Å². The zero-order valence-corrected chi connectivity index (χ0v) is 10.4. The molecule has 0 fully saturated rings. The maximum absolute atomic E-state index is 11.1. The van der Waals surface area contributed by atoms with E-state index < -0.39 is 49.9 Å². The second-order valence-corrected chi connectivity index (χ2v) is 3.62. The zero-order chi connectivity index (χ0) is 14.8. The predicted molar refractivity (Wildman–Crippen MR) is 64.6 cm³/mol. The van der Waals surface area contributed by atoms with Crippen molar-refractivity contribution in [3.8, 4) is 0 Å². The summed E-state index contributed by atoms with van der Waals surface area (Å²) >= 11 is 0. The van der Waals surface area contributed by atoms with E-state index in [0.717, 1.165) is 12.2 Å². The number of esters is 2. The topological polar surface area (TPSA) is 113 Å². The number of hydrogen-bond donors (Lipinski definition) is 3. The van der Waals surface area contributed by atoms with Crippen LogP contribution in [0.3, 0.4) is 0 Å². The third-order valence-electron chi connectivity index (χ3n) is 2.43. The van der Waals surface area contributed by atoms with Crippen molar-refractivity contribution >= 4 is 11.9 Å². The summed E-state index contributed by atoms with van der Waals surface area (Å²) in [5, 5.41) is 27.4. The molecule has 0 aliphatic rings. The van der Waals surface area contributed by atoms with E-state index in [1.807, 2.05) is 0 Å². The highest BCUT2D eigenvalue weighted by Gasteiger charge is 2.33. The van der Waals surface area contributed by atoms with Crippen LogP contribution < -0.4 is 0 Å². The summed E-state index contributed by atoms with van der Waals surface area (Å²) in [6.45, 7) is 4.86. The molecule has 1 atom stereocenters. The summed E-state index contributed by atoms with van der Waals surface area (Å²) in [4.78, 5) is 22.3. The van der Waals surface area contributed by atoms with Crippen LogP contribution in [0, 0.1) is 11.8 Å². The van der Waals surface area contributed by atoms with Crippen molar-refractivity contribution in [2.45, 2.75) is 6.29 Å². The van der Waals surface area contributed by atoms with Gasteiger partial charge in [0.25, 0.3) is 6.29 Å². The molecule has 0 aliphatic heterocycles. The Morgan fingerprint density at radius 2 is 1.37 bits per heavy atom. The second-order valence-electron chi connectivity index (χ2n) is 3.62. The molecule has 0 aromatic rings. The number of carbonyl (C=O) groups is 2. The number of aliphatic hydroxyl groups excluding tert-OH is 3. The van der Waals surface area contributed by atoms with Gasteiger partial charge in [-0.2, -0.15) is 0 Å². The summed E-state index contributed by atoms with van der Waals surface area (Å²) in [6, 6.07) is 0. The summed E-state index contributed by atoms with van der Waals surface area (Å²) < 4.78 is 9.56. The molecule has 0 aromatic heterocycles. The summed E-state index contributed by atoms with van der Waals surface area (Å²) in [5.74, 6) is -3.52. The number of carbonyl (C=O) groups excluding carboxylic acids is 2. The molecule has 0 amide bonds. The lowest BCUT2D eigenvalue weighted by molar-refractivity contribution is -0.200. The summed E-state index contributed by atoms with van der Waals surface area (Å²) in [5.41, 5.74) is 0. The van der Waals surface area contributed by atoms with E-state index in [0.29, 0.717) is 0 Å². The molecule has 0 saturated heterocycles. The molecule has 19 heavy (non-hydrogen) atoms. The Bertz CT molecular complexity index is 300. The maximum Gasteiger partial charge on any atom is 0.333 e. The molecule has 0 rings (SSSR count). The van der Waals surface area contributed by atoms with Crippen LogP contribution in [0.2, 0.25) is 0 Å². The second kappa shape index (κ2) is 9.26. The minimum Gasteiger partial charge on any atom is -0.422 e. The molecule has 0 spiro atoms. The van der Waals surface area contributed by atoms with Crippen molar-refractivity contribution in [2.24, 2.45) is 11.8 Å². The van der Waals surface area contributed by atoms with Crippen LogP contribution in [0.5, 0.6) is 0 Å². The van der Waals surface area contributed by atoms with Gasteiger partial charge in [0.2, 0.25) is 0 Å². The molecule has 7 heteroatoms. The van der Waals surface area contributed by atoms with Crippen LogP contribution in [-0.2, 0) is 19.1 Å². The van der Waals surface area contributed by atoms with Gasteiger partial charge in [-0.1, -0.05) is 13.2 Å². The summed E-state index contributed by atoms with van der Waals surface area (Å²) in [7, 11) is 0. The van der Waals surface area contributed by atoms with Gasteiger partial charge in [0, 0.05) is 31.3 Å². The molecular weight excluding hydrogens is 256 g/mol. The Morgan fingerprint density at radius 1 is 0.947 bits per heavy atom. The number of aliphatic hydroxyl groups is 3. The van der Waals surface area contributed by atoms with Crippen molar-refractivity contribution in [1.82, 2.24) is 0 Å². The van der Waals surface area contributed by atoms with Crippen LogP contribution >= 0.6 is 0 Å². The van der Waals surface area contributed by atoms with E-state index in [1.54, 1.807) is 0 Å².